The van der Waals surface area contributed by atoms with Crippen LogP contribution in [0.5, 0.6) is 0 Å². The zero-order valence-corrected chi connectivity index (χ0v) is 13.6. The van der Waals surface area contributed by atoms with Crippen molar-refractivity contribution in [2.24, 2.45) is 0 Å². The summed E-state index contributed by atoms with van der Waals surface area (Å²) >= 11 is 4.90. The standard InChI is InChI=1S/C14H17BrN2OS/c1-4-17(8(2)3)14(18)13-12(16)10-6-5-9(15)7-11(10)19-13/h5-8H,4,16H2,1-3H3. The molecule has 0 aliphatic carbocycles. The summed E-state index contributed by atoms with van der Waals surface area (Å²) in [6, 6.07) is 6.07. The SMILES string of the molecule is CCN(C(=O)c1sc2cc(Br)ccc2c1N)C(C)C. The topological polar surface area (TPSA) is 46.3 Å². The van der Waals surface area contributed by atoms with Gasteiger partial charge in [0.25, 0.3) is 5.91 Å². The molecule has 0 aliphatic rings. The molecule has 19 heavy (non-hydrogen) atoms. The molecule has 2 aromatic rings. The van der Waals surface area contributed by atoms with Crippen LogP contribution in [-0.2, 0) is 0 Å². The van der Waals surface area contributed by atoms with Gasteiger partial charge in [0.05, 0.1) is 5.69 Å². The third-order valence-electron chi connectivity index (χ3n) is 3.11. The first-order valence-corrected chi connectivity index (χ1v) is 7.85. The molecule has 0 spiro atoms. The molecule has 0 fully saturated rings. The molecule has 2 rings (SSSR count). The van der Waals surface area contributed by atoms with Crippen molar-refractivity contribution in [3.05, 3.63) is 27.5 Å². The van der Waals surface area contributed by atoms with Crippen LogP contribution in [-0.4, -0.2) is 23.4 Å². The van der Waals surface area contributed by atoms with E-state index < -0.39 is 0 Å². The van der Waals surface area contributed by atoms with Crippen molar-refractivity contribution < 1.29 is 4.79 Å². The van der Waals surface area contributed by atoms with Gasteiger partial charge in [-0.3, -0.25) is 4.79 Å². The summed E-state index contributed by atoms with van der Waals surface area (Å²) in [5, 5.41) is 0.955. The molecule has 1 amide bonds. The lowest BCUT2D eigenvalue weighted by Gasteiger charge is -2.24. The minimum absolute atomic E-state index is 0.0207. The normalized spacial score (nSPS) is 11.2. The highest BCUT2D eigenvalue weighted by atomic mass is 79.9. The molecule has 1 heterocycles. The summed E-state index contributed by atoms with van der Waals surface area (Å²) in [4.78, 5) is 15.0. The number of rotatable bonds is 3. The molecule has 5 heteroatoms. The van der Waals surface area contributed by atoms with E-state index in [1.807, 2.05) is 43.9 Å². The summed E-state index contributed by atoms with van der Waals surface area (Å²) in [5.74, 6) is 0.0207. The number of hydrogen-bond donors (Lipinski definition) is 1. The first-order valence-electron chi connectivity index (χ1n) is 6.24. The minimum Gasteiger partial charge on any atom is -0.397 e. The largest absolute Gasteiger partial charge is 0.397 e. The summed E-state index contributed by atoms with van der Waals surface area (Å²) in [7, 11) is 0. The quantitative estimate of drug-likeness (QED) is 0.913. The fourth-order valence-electron chi connectivity index (χ4n) is 2.12. The van der Waals surface area contributed by atoms with E-state index in [1.165, 1.54) is 11.3 Å². The fraction of sp³-hybridized carbons (Fsp3) is 0.357. The number of amides is 1. The summed E-state index contributed by atoms with van der Waals surface area (Å²) in [6.07, 6.45) is 0. The van der Waals surface area contributed by atoms with E-state index in [4.69, 9.17) is 5.73 Å². The van der Waals surface area contributed by atoms with Crippen LogP contribution in [0.3, 0.4) is 0 Å². The maximum atomic E-state index is 12.5. The summed E-state index contributed by atoms with van der Waals surface area (Å²) in [5.41, 5.74) is 6.72. The van der Waals surface area contributed by atoms with Gasteiger partial charge in [0.1, 0.15) is 4.88 Å². The Bertz CT molecular complexity index is 621. The van der Waals surface area contributed by atoms with Crippen LogP contribution in [0.1, 0.15) is 30.4 Å². The lowest BCUT2D eigenvalue weighted by atomic mass is 10.2. The Morgan fingerprint density at radius 3 is 2.74 bits per heavy atom. The van der Waals surface area contributed by atoms with Crippen LogP contribution in [0, 0.1) is 0 Å². The Labute approximate surface area is 125 Å². The van der Waals surface area contributed by atoms with Crippen LogP contribution >= 0.6 is 27.3 Å². The van der Waals surface area contributed by atoms with Crippen LogP contribution in [0.25, 0.3) is 10.1 Å². The second-order valence-corrected chi connectivity index (χ2v) is 6.64. The van der Waals surface area contributed by atoms with Crippen molar-refractivity contribution in [3.8, 4) is 0 Å². The van der Waals surface area contributed by atoms with E-state index in [9.17, 15) is 4.79 Å². The van der Waals surface area contributed by atoms with E-state index in [0.717, 1.165) is 14.6 Å². The summed E-state index contributed by atoms with van der Waals surface area (Å²) in [6.45, 7) is 6.70. The highest BCUT2D eigenvalue weighted by molar-refractivity contribution is 9.10. The molecule has 0 saturated heterocycles. The van der Waals surface area contributed by atoms with E-state index in [-0.39, 0.29) is 11.9 Å². The average molecular weight is 341 g/mol. The molecule has 0 saturated carbocycles. The van der Waals surface area contributed by atoms with Gasteiger partial charge in [-0.25, -0.2) is 0 Å². The number of nitrogens with two attached hydrogens (primary N) is 1. The molecule has 1 aromatic heterocycles. The number of benzene rings is 1. The van der Waals surface area contributed by atoms with Crippen molar-refractivity contribution in [3.63, 3.8) is 0 Å². The van der Waals surface area contributed by atoms with Gasteiger partial charge < -0.3 is 10.6 Å². The van der Waals surface area contributed by atoms with Gasteiger partial charge >= 0.3 is 0 Å². The van der Waals surface area contributed by atoms with Crippen molar-refractivity contribution in [2.75, 3.05) is 12.3 Å². The Morgan fingerprint density at radius 2 is 2.16 bits per heavy atom. The Kier molecular flexibility index (Phi) is 4.16. The van der Waals surface area contributed by atoms with Gasteiger partial charge in [-0.05, 0) is 32.9 Å². The zero-order valence-electron chi connectivity index (χ0n) is 11.2. The van der Waals surface area contributed by atoms with Gasteiger partial charge in [0.2, 0.25) is 0 Å². The molecule has 102 valence electrons. The average Bonchev–Trinajstić information content (AvgIpc) is 2.66. The number of nitrogen functional groups attached to an aromatic ring is 1. The highest BCUT2D eigenvalue weighted by Crippen LogP contribution is 2.36. The zero-order chi connectivity index (χ0) is 14.2. The Morgan fingerprint density at radius 1 is 1.47 bits per heavy atom. The maximum Gasteiger partial charge on any atom is 0.266 e. The van der Waals surface area contributed by atoms with Crippen LogP contribution in [0.2, 0.25) is 0 Å². The number of carbonyl (C=O) groups is 1. The number of fused-ring (bicyclic) bond motifs is 1. The third kappa shape index (κ3) is 2.62. The molecule has 1 aromatic carbocycles. The lowest BCUT2D eigenvalue weighted by Crippen LogP contribution is -2.36. The van der Waals surface area contributed by atoms with Gasteiger partial charge in [0, 0.05) is 27.1 Å². The minimum atomic E-state index is 0.0207. The number of hydrogen-bond acceptors (Lipinski definition) is 3. The Hall–Kier alpha value is -1.07. The second-order valence-electron chi connectivity index (χ2n) is 4.67. The van der Waals surface area contributed by atoms with E-state index in [2.05, 4.69) is 15.9 Å². The number of anilines is 1. The van der Waals surface area contributed by atoms with Crippen LogP contribution in [0.4, 0.5) is 5.69 Å². The number of nitrogens with zero attached hydrogens (tertiary/aromatic N) is 1. The predicted octanol–water partition coefficient (Wildman–Crippen LogP) is 4.12. The second kappa shape index (κ2) is 5.51. The lowest BCUT2D eigenvalue weighted by molar-refractivity contribution is 0.0723. The highest BCUT2D eigenvalue weighted by Gasteiger charge is 2.22. The van der Waals surface area contributed by atoms with E-state index in [0.29, 0.717) is 17.1 Å². The van der Waals surface area contributed by atoms with Crippen molar-refractivity contribution in [1.82, 2.24) is 4.90 Å². The first-order chi connectivity index (χ1) is 8.95. The molecular formula is C14H17BrN2OS. The predicted molar refractivity (Wildman–Crippen MR) is 85.8 cm³/mol. The van der Waals surface area contributed by atoms with Gasteiger partial charge in [-0.15, -0.1) is 11.3 Å². The molecule has 0 unspecified atom stereocenters. The number of thiophene rings is 1. The fourth-order valence-corrected chi connectivity index (χ4v) is 3.75. The Balaban J connectivity index is 2.51. The smallest absolute Gasteiger partial charge is 0.266 e. The van der Waals surface area contributed by atoms with Crippen LogP contribution < -0.4 is 5.73 Å². The summed E-state index contributed by atoms with van der Waals surface area (Å²) < 4.78 is 2.03. The molecule has 2 N–H and O–H groups in total. The monoisotopic (exact) mass is 340 g/mol. The maximum absolute atomic E-state index is 12.5. The number of halogens is 1. The van der Waals surface area contributed by atoms with Gasteiger partial charge in [-0.1, -0.05) is 22.0 Å². The van der Waals surface area contributed by atoms with E-state index >= 15 is 0 Å². The van der Waals surface area contributed by atoms with Gasteiger partial charge in [-0.2, -0.15) is 0 Å². The number of carbonyl (C=O) groups excluding carboxylic acids is 1. The first kappa shape index (κ1) is 14.3. The van der Waals surface area contributed by atoms with Crippen molar-refractivity contribution >= 4 is 48.9 Å². The van der Waals surface area contributed by atoms with Crippen molar-refractivity contribution in [1.29, 1.82) is 0 Å². The molecule has 0 aliphatic heterocycles. The van der Waals surface area contributed by atoms with Crippen LogP contribution in [0.15, 0.2) is 22.7 Å². The van der Waals surface area contributed by atoms with E-state index in [1.54, 1.807) is 0 Å². The van der Waals surface area contributed by atoms with Gasteiger partial charge in [0.15, 0.2) is 0 Å². The molecule has 3 nitrogen and oxygen atoms in total. The molecule has 0 radical (unpaired) electrons. The molecule has 0 bridgehead atoms. The third-order valence-corrected chi connectivity index (χ3v) is 4.76. The molecule has 0 atom stereocenters. The molecular weight excluding hydrogens is 324 g/mol. The van der Waals surface area contributed by atoms with Crippen molar-refractivity contribution in [2.45, 2.75) is 26.8 Å².